The van der Waals surface area contributed by atoms with Crippen LogP contribution in [0.5, 0.6) is 5.75 Å². The molecule has 18 heavy (non-hydrogen) atoms. The number of ether oxygens (including phenoxy) is 1. The predicted molar refractivity (Wildman–Crippen MR) is 71.2 cm³/mol. The van der Waals surface area contributed by atoms with Crippen molar-refractivity contribution in [2.24, 2.45) is 5.92 Å². The second-order valence-electron chi connectivity index (χ2n) is 4.70. The van der Waals surface area contributed by atoms with Crippen LogP contribution in [0.1, 0.15) is 32.1 Å². The van der Waals surface area contributed by atoms with E-state index in [9.17, 15) is 9.18 Å². The number of halogens is 2. The first-order valence-corrected chi connectivity index (χ1v) is 7.06. The van der Waals surface area contributed by atoms with Gasteiger partial charge in [-0.3, -0.25) is 4.79 Å². The van der Waals surface area contributed by atoms with Crippen LogP contribution < -0.4 is 4.74 Å². The maximum atomic E-state index is 13.1. The third-order valence-corrected chi connectivity index (χ3v) is 3.74. The maximum absolute atomic E-state index is 13.1. The summed E-state index contributed by atoms with van der Waals surface area (Å²) in [5, 5.41) is 0. The van der Waals surface area contributed by atoms with E-state index in [1.807, 2.05) is 0 Å². The Labute approximate surface area is 115 Å². The van der Waals surface area contributed by atoms with Gasteiger partial charge in [0.15, 0.2) is 5.78 Å². The monoisotopic (exact) mass is 314 g/mol. The lowest BCUT2D eigenvalue weighted by Gasteiger charge is -2.20. The molecule has 2 nitrogen and oxygen atoms in total. The number of rotatable bonds is 4. The summed E-state index contributed by atoms with van der Waals surface area (Å²) in [5.41, 5.74) is 0. The SMILES string of the molecule is O=C(COc1cc(F)cc(Br)c1)C1CCCCC1. The van der Waals surface area contributed by atoms with Gasteiger partial charge in [0.1, 0.15) is 18.2 Å². The predicted octanol–water partition coefficient (Wildman–Crippen LogP) is 4.12. The van der Waals surface area contributed by atoms with Crippen molar-refractivity contribution in [1.29, 1.82) is 0 Å². The third-order valence-electron chi connectivity index (χ3n) is 3.28. The van der Waals surface area contributed by atoms with Gasteiger partial charge in [-0.15, -0.1) is 0 Å². The molecule has 0 radical (unpaired) electrons. The summed E-state index contributed by atoms with van der Waals surface area (Å²) in [4.78, 5) is 11.9. The standard InChI is InChI=1S/C14H16BrFO2/c15-11-6-12(16)8-13(7-11)18-9-14(17)10-4-2-1-3-5-10/h6-8,10H,1-5,9H2. The Morgan fingerprint density at radius 2 is 2.00 bits per heavy atom. The maximum Gasteiger partial charge on any atom is 0.173 e. The highest BCUT2D eigenvalue weighted by molar-refractivity contribution is 9.10. The van der Waals surface area contributed by atoms with Gasteiger partial charge in [0.05, 0.1) is 0 Å². The zero-order valence-electron chi connectivity index (χ0n) is 10.1. The normalized spacial score (nSPS) is 16.6. The molecular formula is C14H16BrFO2. The molecule has 0 saturated heterocycles. The Hall–Kier alpha value is -0.900. The molecular weight excluding hydrogens is 299 g/mol. The molecule has 1 aliphatic carbocycles. The van der Waals surface area contributed by atoms with E-state index in [1.165, 1.54) is 18.6 Å². The summed E-state index contributed by atoms with van der Waals surface area (Å²) in [7, 11) is 0. The van der Waals surface area contributed by atoms with Gasteiger partial charge < -0.3 is 4.74 Å². The van der Waals surface area contributed by atoms with Crippen molar-refractivity contribution in [2.75, 3.05) is 6.61 Å². The fourth-order valence-electron chi connectivity index (χ4n) is 2.31. The molecule has 1 saturated carbocycles. The molecule has 0 amide bonds. The first kappa shape index (κ1) is 13.5. The van der Waals surface area contributed by atoms with Crippen LogP contribution in [0, 0.1) is 11.7 Å². The lowest BCUT2D eigenvalue weighted by molar-refractivity contribution is -0.125. The number of ketones is 1. The van der Waals surface area contributed by atoms with E-state index >= 15 is 0 Å². The molecule has 0 N–H and O–H groups in total. The molecule has 0 bridgehead atoms. The minimum atomic E-state index is -0.371. The highest BCUT2D eigenvalue weighted by Gasteiger charge is 2.21. The quantitative estimate of drug-likeness (QED) is 0.835. The molecule has 1 aromatic rings. The highest BCUT2D eigenvalue weighted by Crippen LogP contribution is 2.25. The van der Waals surface area contributed by atoms with E-state index in [4.69, 9.17) is 4.74 Å². The molecule has 0 aromatic heterocycles. The van der Waals surface area contributed by atoms with Crippen molar-refractivity contribution in [1.82, 2.24) is 0 Å². The Bertz CT molecular complexity index is 408. The van der Waals surface area contributed by atoms with Crippen LogP contribution in [0.15, 0.2) is 22.7 Å². The summed E-state index contributed by atoms with van der Waals surface area (Å²) in [6.07, 6.45) is 5.41. The minimum absolute atomic E-state index is 0.0422. The Morgan fingerprint density at radius 1 is 1.28 bits per heavy atom. The van der Waals surface area contributed by atoms with Gasteiger partial charge in [0, 0.05) is 16.5 Å². The molecule has 1 aromatic carbocycles. The lowest BCUT2D eigenvalue weighted by Crippen LogP contribution is -2.23. The summed E-state index contributed by atoms with van der Waals surface area (Å²) in [6, 6.07) is 4.31. The summed E-state index contributed by atoms with van der Waals surface area (Å²) in [5.74, 6) is 0.293. The number of carbonyl (C=O) groups excluding carboxylic acids is 1. The first-order chi connectivity index (χ1) is 8.65. The van der Waals surface area contributed by atoms with Gasteiger partial charge in [-0.2, -0.15) is 0 Å². The molecule has 4 heteroatoms. The van der Waals surface area contributed by atoms with E-state index in [0.717, 1.165) is 25.7 Å². The van der Waals surface area contributed by atoms with Crippen LogP contribution in [0.25, 0.3) is 0 Å². The van der Waals surface area contributed by atoms with Gasteiger partial charge >= 0.3 is 0 Å². The van der Waals surface area contributed by atoms with Crippen molar-refractivity contribution < 1.29 is 13.9 Å². The molecule has 0 aliphatic heterocycles. The van der Waals surface area contributed by atoms with E-state index in [0.29, 0.717) is 10.2 Å². The molecule has 0 heterocycles. The molecule has 2 rings (SSSR count). The van der Waals surface area contributed by atoms with E-state index in [-0.39, 0.29) is 24.1 Å². The van der Waals surface area contributed by atoms with E-state index in [2.05, 4.69) is 15.9 Å². The fourth-order valence-corrected chi connectivity index (χ4v) is 2.75. The average Bonchev–Trinajstić information content (AvgIpc) is 2.36. The second kappa shape index (κ2) is 6.32. The van der Waals surface area contributed by atoms with Crippen LogP contribution in [0.4, 0.5) is 4.39 Å². The Morgan fingerprint density at radius 3 is 2.67 bits per heavy atom. The minimum Gasteiger partial charge on any atom is -0.486 e. The zero-order valence-corrected chi connectivity index (χ0v) is 11.7. The number of Topliss-reactive ketones (excluding diaryl/α,β-unsaturated/α-hetero) is 1. The van der Waals surface area contributed by atoms with Crippen molar-refractivity contribution in [3.05, 3.63) is 28.5 Å². The first-order valence-electron chi connectivity index (χ1n) is 6.27. The van der Waals surface area contributed by atoms with Crippen LogP contribution in [0.2, 0.25) is 0 Å². The molecule has 0 atom stereocenters. The Balaban J connectivity index is 1.88. The van der Waals surface area contributed by atoms with Crippen LogP contribution in [-0.4, -0.2) is 12.4 Å². The average molecular weight is 315 g/mol. The van der Waals surface area contributed by atoms with Crippen LogP contribution in [-0.2, 0) is 4.79 Å². The largest absolute Gasteiger partial charge is 0.486 e. The number of carbonyl (C=O) groups is 1. The molecule has 0 unspecified atom stereocenters. The van der Waals surface area contributed by atoms with Gasteiger partial charge in [0.2, 0.25) is 0 Å². The van der Waals surface area contributed by atoms with Crippen molar-refractivity contribution in [2.45, 2.75) is 32.1 Å². The van der Waals surface area contributed by atoms with E-state index < -0.39 is 0 Å². The smallest absolute Gasteiger partial charge is 0.173 e. The number of hydrogen-bond acceptors (Lipinski definition) is 2. The highest BCUT2D eigenvalue weighted by atomic mass is 79.9. The third kappa shape index (κ3) is 3.80. The summed E-state index contributed by atoms with van der Waals surface area (Å²) < 4.78 is 19.1. The number of hydrogen-bond donors (Lipinski definition) is 0. The van der Waals surface area contributed by atoms with Crippen LogP contribution in [0.3, 0.4) is 0 Å². The number of benzene rings is 1. The fraction of sp³-hybridized carbons (Fsp3) is 0.500. The van der Waals surface area contributed by atoms with Crippen molar-refractivity contribution in [3.8, 4) is 5.75 Å². The molecule has 1 aliphatic rings. The van der Waals surface area contributed by atoms with Gasteiger partial charge in [-0.05, 0) is 25.0 Å². The van der Waals surface area contributed by atoms with Gasteiger partial charge in [-0.25, -0.2) is 4.39 Å². The van der Waals surface area contributed by atoms with Crippen molar-refractivity contribution in [3.63, 3.8) is 0 Å². The molecule has 98 valence electrons. The summed E-state index contributed by atoms with van der Waals surface area (Å²) in [6.45, 7) is 0.0422. The van der Waals surface area contributed by atoms with Crippen LogP contribution >= 0.6 is 15.9 Å². The zero-order chi connectivity index (χ0) is 13.0. The van der Waals surface area contributed by atoms with Gasteiger partial charge in [-0.1, -0.05) is 35.2 Å². The summed E-state index contributed by atoms with van der Waals surface area (Å²) >= 11 is 3.19. The molecule has 1 fully saturated rings. The Kier molecular flexibility index (Phi) is 4.75. The van der Waals surface area contributed by atoms with Crippen molar-refractivity contribution >= 4 is 21.7 Å². The molecule has 0 spiro atoms. The second-order valence-corrected chi connectivity index (χ2v) is 5.61. The van der Waals surface area contributed by atoms with Gasteiger partial charge in [0.25, 0.3) is 0 Å². The topological polar surface area (TPSA) is 26.3 Å². The van der Waals surface area contributed by atoms with E-state index in [1.54, 1.807) is 6.07 Å². The lowest BCUT2D eigenvalue weighted by atomic mass is 9.86.